The van der Waals surface area contributed by atoms with Gasteiger partial charge in [-0.15, -0.1) is 0 Å². The highest BCUT2D eigenvalue weighted by molar-refractivity contribution is 5.56. The lowest BCUT2D eigenvalue weighted by atomic mass is 10.2. The lowest BCUT2D eigenvalue weighted by molar-refractivity contribution is 0.218. The van der Waals surface area contributed by atoms with E-state index in [9.17, 15) is 17.6 Å². The Labute approximate surface area is 155 Å². The Hall–Kier alpha value is -3.62. The number of ether oxygens (including phenoxy) is 1. The predicted octanol–water partition coefficient (Wildman–Crippen LogP) is 4.66. The van der Waals surface area contributed by atoms with Crippen molar-refractivity contribution in [1.29, 1.82) is 0 Å². The average Bonchev–Trinajstić information content (AvgIpc) is 3.39. The van der Waals surface area contributed by atoms with Gasteiger partial charge in [0.1, 0.15) is 0 Å². The molecule has 0 aliphatic carbocycles. The van der Waals surface area contributed by atoms with Gasteiger partial charge >= 0.3 is 0 Å². The molecule has 9 heteroatoms. The Balaban J connectivity index is 1.50. The molecule has 4 aromatic rings. The molecule has 2 aromatic carbocycles. The fourth-order valence-electron chi connectivity index (χ4n) is 2.53. The van der Waals surface area contributed by atoms with Gasteiger partial charge in [0.05, 0.1) is 0 Å². The van der Waals surface area contributed by atoms with Crippen LogP contribution < -0.4 is 4.74 Å². The minimum absolute atomic E-state index is 0.0969. The van der Waals surface area contributed by atoms with E-state index in [2.05, 4.69) is 10.1 Å². The number of aromatic nitrogens is 3. The Morgan fingerprint density at radius 1 is 0.929 bits per heavy atom. The summed E-state index contributed by atoms with van der Waals surface area (Å²) in [5, 5.41) is 3.76. The topological polar surface area (TPSA) is 53.1 Å². The molecule has 0 saturated heterocycles. The van der Waals surface area contributed by atoms with Crippen LogP contribution in [-0.4, -0.2) is 14.7 Å². The highest BCUT2D eigenvalue weighted by Crippen LogP contribution is 2.27. The van der Waals surface area contributed by atoms with E-state index in [1.165, 1.54) is 0 Å². The van der Waals surface area contributed by atoms with Crippen molar-refractivity contribution in [1.82, 2.24) is 14.7 Å². The van der Waals surface area contributed by atoms with E-state index < -0.39 is 35.6 Å². The normalized spacial score (nSPS) is 11.0. The van der Waals surface area contributed by atoms with Crippen molar-refractivity contribution in [2.24, 2.45) is 0 Å². The predicted molar refractivity (Wildman–Crippen MR) is 89.7 cm³/mol. The zero-order chi connectivity index (χ0) is 19.7. The van der Waals surface area contributed by atoms with E-state index in [-0.39, 0.29) is 17.8 Å². The molecular formula is C19H11F4N3O2. The van der Waals surface area contributed by atoms with Crippen LogP contribution in [0, 0.1) is 23.3 Å². The number of nitrogens with zero attached hydrogens (tertiary/aromatic N) is 3. The first-order valence-corrected chi connectivity index (χ1v) is 8.05. The van der Waals surface area contributed by atoms with Gasteiger partial charge in [-0.1, -0.05) is 5.16 Å². The van der Waals surface area contributed by atoms with E-state index >= 15 is 0 Å². The van der Waals surface area contributed by atoms with Crippen molar-refractivity contribution < 1.29 is 26.8 Å². The summed E-state index contributed by atoms with van der Waals surface area (Å²) in [6.07, 6.45) is 3.79. The second-order valence-corrected chi connectivity index (χ2v) is 5.73. The Morgan fingerprint density at radius 2 is 1.57 bits per heavy atom. The third kappa shape index (κ3) is 3.34. The summed E-state index contributed by atoms with van der Waals surface area (Å²) in [7, 11) is 0. The minimum Gasteiger partial charge on any atom is -0.477 e. The van der Waals surface area contributed by atoms with E-state index in [0.29, 0.717) is 5.56 Å². The van der Waals surface area contributed by atoms with Gasteiger partial charge in [-0.2, -0.15) is 13.8 Å². The van der Waals surface area contributed by atoms with Crippen molar-refractivity contribution in [3.05, 3.63) is 84.0 Å². The van der Waals surface area contributed by atoms with Crippen LogP contribution in [0.15, 0.2) is 59.4 Å². The van der Waals surface area contributed by atoms with E-state index in [1.54, 1.807) is 12.1 Å². The van der Waals surface area contributed by atoms with Gasteiger partial charge in [-0.3, -0.25) is 0 Å². The first kappa shape index (κ1) is 17.8. The Bertz CT molecular complexity index is 1080. The summed E-state index contributed by atoms with van der Waals surface area (Å²) >= 11 is 0. The fourth-order valence-corrected chi connectivity index (χ4v) is 2.53. The maximum absolute atomic E-state index is 13.6. The molecule has 0 aliphatic rings. The lowest BCUT2D eigenvalue weighted by Gasteiger charge is -2.07. The molecular weight excluding hydrogens is 378 g/mol. The van der Waals surface area contributed by atoms with Crippen LogP contribution in [-0.2, 0) is 6.61 Å². The molecule has 142 valence electrons. The molecule has 0 bridgehead atoms. The molecule has 0 unspecified atom stereocenters. The number of hydrogen-bond donors (Lipinski definition) is 0. The molecule has 5 nitrogen and oxygen atoms in total. The Kier molecular flexibility index (Phi) is 4.56. The number of hydrogen-bond acceptors (Lipinski definition) is 4. The van der Waals surface area contributed by atoms with Gasteiger partial charge in [0.25, 0.3) is 5.89 Å². The van der Waals surface area contributed by atoms with Crippen molar-refractivity contribution in [3.63, 3.8) is 0 Å². The number of halogens is 4. The number of rotatable bonds is 5. The third-order valence-corrected chi connectivity index (χ3v) is 3.91. The lowest BCUT2D eigenvalue weighted by Crippen LogP contribution is -2.04. The van der Waals surface area contributed by atoms with Gasteiger partial charge in [0.2, 0.25) is 17.5 Å². The molecule has 0 spiro atoms. The van der Waals surface area contributed by atoms with E-state index in [0.717, 1.165) is 5.69 Å². The monoisotopic (exact) mass is 389 g/mol. The summed E-state index contributed by atoms with van der Waals surface area (Å²) in [6, 6.07) is 11.1. The molecule has 4 rings (SSSR count). The van der Waals surface area contributed by atoms with Crippen LogP contribution in [0.25, 0.3) is 17.1 Å². The van der Waals surface area contributed by atoms with Crippen LogP contribution in [0.1, 0.15) is 5.89 Å². The van der Waals surface area contributed by atoms with Crippen LogP contribution in [0.4, 0.5) is 17.6 Å². The third-order valence-electron chi connectivity index (χ3n) is 3.91. The van der Waals surface area contributed by atoms with Gasteiger partial charge < -0.3 is 13.8 Å². The molecule has 0 atom stereocenters. The van der Waals surface area contributed by atoms with Gasteiger partial charge in [0, 0.05) is 29.7 Å². The molecule has 0 amide bonds. The molecule has 0 N–H and O–H groups in total. The molecule has 0 radical (unpaired) electrons. The average molecular weight is 389 g/mol. The summed E-state index contributed by atoms with van der Waals surface area (Å²) in [6.45, 7) is -0.564. The highest BCUT2D eigenvalue weighted by atomic mass is 19.2. The van der Waals surface area contributed by atoms with Crippen LogP contribution in [0.5, 0.6) is 5.75 Å². The maximum atomic E-state index is 13.6. The van der Waals surface area contributed by atoms with Crippen LogP contribution >= 0.6 is 0 Å². The summed E-state index contributed by atoms with van der Waals surface area (Å²) in [4.78, 5) is 4.05. The van der Waals surface area contributed by atoms with Crippen molar-refractivity contribution in [2.75, 3.05) is 0 Å². The molecule has 0 saturated carbocycles. The summed E-state index contributed by atoms with van der Waals surface area (Å²) in [5.74, 6) is -7.49. The van der Waals surface area contributed by atoms with Crippen molar-refractivity contribution in [2.45, 2.75) is 6.61 Å². The van der Waals surface area contributed by atoms with Gasteiger partial charge in [-0.25, -0.2) is 8.78 Å². The fraction of sp³-hybridized carbons (Fsp3) is 0.0526. The first-order valence-electron chi connectivity index (χ1n) is 8.05. The quantitative estimate of drug-likeness (QED) is 0.368. The van der Waals surface area contributed by atoms with Gasteiger partial charge in [0.15, 0.2) is 24.0 Å². The van der Waals surface area contributed by atoms with E-state index in [1.807, 2.05) is 41.2 Å². The highest BCUT2D eigenvalue weighted by Gasteiger charge is 2.21. The first-order chi connectivity index (χ1) is 13.5. The second-order valence-electron chi connectivity index (χ2n) is 5.73. The molecule has 2 heterocycles. The SMILES string of the molecule is Fc1cc(F)c(F)c(OCc2nc(-c3ccc(-n4cccc4)cc3)no2)c1F. The maximum Gasteiger partial charge on any atom is 0.264 e. The number of benzene rings is 2. The largest absolute Gasteiger partial charge is 0.477 e. The molecule has 0 fully saturated rings. The molecule has 28 heavy (non-hydrogen) atoms. The second kappa shape index (κ2) is 7.18. The standard InChI is InChI=1S/C19H11F4N3O2/c20-13-9-14(21)17(23)18(16(13)22)27-10-15-24-19(25-28-15)11-3-5-12(6-4-11)26-7-1-2-8-26/h1-9H,10H2. The zero-order valence-electron chi connectivity index (χ0n) is 14.1. The Morgan fingerprint density at radius 3 is 2.21 bits per heavy atom. The van der Waals surface area contributed by atoms with Crippen LogP contribution in [0.2, 0.25) is 0 Å². The summed E-state index contributed by atoms with van der Waals surface area (Å²) < 4.78 is 65.3. The van der Waals surface area contributed by atoms with Crippen molar-refractivity contribution >= 4 is 0 Å². The molecule has 2 aromatic heterocycles. The van der Waals surface area contributed by atoms with E-state index in [4.69, 9.17) is 9.26 Å². The van der Waals surface area contributed by atoms with Gasteiger partial charge in [-0.05, 0) is 36.4 Å². The minimum atomic E-state index is -1.64. The smallest absolute Gasteiger partial charge is 0.264 e. The molecule has 0 aliphatic heterocycles. The van der Waals surface area contributed by atoms with Crippen LogP contribution in [0.3, 0.4) is 0 Å². The zero-order valence-corrected chi connectivity index (χ0v) is 14.1. The van der Waals surface area contributed by atoms with Crippen molar-refractivity contribution in [3.8, 4) is 22.8 Å². The summed E-state index contributed by atoms with van der Waals surface area (Å²) in [5.41, 5.74) is 1.57.